The van der Waals surface area contributed by atoms with E-state index in [9.17, 15) is 0 Å². The van der Waals surface area contributed by atoms with Crippen molar-refractivity contribution in [2.75, 3.05) is 0 Å². The maximum absolute atomic E-state index is 5.21. The van der Waals surface area contributed by atoms with Crippen molar-refractivity contribution in [2.24, 2.45) is 0 Å². The molecule has 1 aromatic heterocycles. The monoisotopic (exact) mass is 722 g/mol. The van der Waals surface area contributed by atoms with Crippen LogP contribution < -0.4 is 0 Å². The number of hydrogen-bond donors (Lipinski definition) is 0. The molecule has 2 heteroatoms. The van der Waals surface area contributed by atoms with E-state index in [2.05, 4.69) is 211 Å². The molecule has 0 atom stereocenters. The highest BCUT2D eigenvalue weighted by Gasteiger charge is 2.19. The fourth-order valence-corrected chi connectivity index (χ4v) is 9.38. The van der Waals surface area contributed by atoms with Crippen molar-refractivity contribution in [1.82, 2.24) is 9.55 Å². The van der Waals surface area contributed by atoms with Crippen LogP contribution in [0, 0.1) is 0 Å². The number of nitrogens with zero attached hydrogens (tertiary/aromatic N) is 2. The van der Waals surface area contributed by atoms with Crippen molar-refractivity contribution in [1.29, 1.82) is 0 Å². The van der Waals surface area contributed by atoms with Crippen LogP contribution in [0.25, 0.3) is 115 Å². The molecule has 0 spiro atoms. The van der Waals surface area contributed by atoms with Crippen LogP contribution in [-0.2, 0) is 0 Å². The minimum absolute atomic E-state index is 0.942. The first-order chi connectivity index (χ1) is 28.3. The van der Waals surface area contributed by atoms with Crippen LogP contribution in [0.15, 0.2) is 206 Å². The third-order valence-corrected chi connectivity index (χ3v) is 12.0. The summed E-state index contributed by atoms with van der Waals surface area (Å²) in [5, 5.41) is 15.2. The SMILES string of the molecule is c1ccc(-n2c(-c3ccc(-c4ccc(-c5cc6ccc7cccc8c9ccccc9c9ccccc9c(c5)c6c78)cc4)c4ccccc34)nc3ccccc32)cc1. The zero-order valence-corrected chi connectivity index (χ0v) is 31.0. The van der Waals surface area contributed by atoms with Crippen LogP contribution in [0.2, 0.25) is 0 Å². The van der Waals surface area contributed by atoms with E-state index in [1.54, 1.807) is 0 Å². The topological polar surface area (TPSA) is 17.8 Å². The number of para-hydroxylation sites is 3. The van der Waals surface area contributed by atoms with Gasteiger partial charge in [-0.1, -0.05) is 164 Å². The van der Waals surface area contributed by atoms with E-state index in [0.717, 1.165) is 28.1 Å². The summed E-state index contributed by atoms with van der Waals surface area (Å²) in [6.07, 6.45) is 0. The van der Waals surface area contributed by atoms with Gasteiger partial charge < -0.3 is 0 Å². The standard InChI is InChI=1S/C55H34N2/c1-2-14-40(15-3-1)57-52-24-11-10-23-51(52)56-55(57)49-32-31-41(42-16-4-8-20-46(42)49)36-27-25-35(26-28-36)39-33-38-30-29-37-13-12-22-48-45-19-7-5-17-43(45)44-18-6-9-21-47(44)50(34-39)54(38)53(37)48/h1-34H. The maximum atomic E-state index is 5.21. The summed E-state index contributed by atoms with van der Waals surface area (Å²) in [6, 6.07) is 75.3. The third-order valence-electron chi connectivity index (χ3n) is 12.0. The van der Waals surface area contributed by atoms with Crippen LogP contribution in [0.4, 0.5) is 0 Å². The van der Waals surface area contributed by atoms with Gasteiger partial charge in [0, 0.05) is 11.3 Å². The molecular weight excluding hydrogens is 689 g/mol. The molecule has 1 heterocycles. The molecule has 0 aliphatic carbocycles. The molecule has 0 saturated heterocycles. The lowest BCUT2D eigenvalue weighted by Gasteiger charge is -2.16. The Labute approximate surface area is 329 Å². The Kier molecular flexibility index (Phi) is 6.96. The third kappa shape index (κ3) is 4.87. The van der Waals surface area contributed by atoms with Gasteiger partial charge in [0.05, 0.1) is 11.0 Å². The van der Waals surface area contributed by atoms with Crippen molar-refractivity contribution in [3.05, 3.63) is 206 Å². The van der Waals surface area contributed by atoms with Crippen molar-refractivity contribution in [2.45, 2.75) is 0 Å². The fraction of sp³-hybridized carbons (Fsp3) is 0. The number of fused-ring (bicyclic) bond motifs is 7. The number of aromatic nitrogens is 2. The van der Waals surface area contributed by atoms with Gasteiger partial charge in [-0.2, -0.15) is 0 Å². The number of imidazole rings is 1. The molecule has 0 amide bonds. The Hall–Kier alpha value is -7.55. The highest BCUT2D eigenvalue weighted by Crippen LogP contribution is 2.43. The van der Waals surface area contributed by atoms with Crippen LogP contribution in [-0.4, -0.2) is 9.55 Å². The quantitative estimate of drug-likeness (QED) is 0.165. The van der Waals surface area contributed by atoms with Gasteiger partial charge in [-0.3, -0.25) is 4.57 Å². The van der Waals surface area contributed by atoms with E-state index in [1.165, 1.54) is 86.9 Å². The number of rotatable bonds is 4. The second kappa shape index (κ2) is 12.5. The summed E-state index contributed by atoms with van der Waals surface area (Å²) in [6.45, 7) is 0. The molecule has 0 N–H and O–H groups in total. The van der Waals surface area contributed by atoms with Gasteiger partial charge in [-0.15, -0.1) is 0 Å². The predicted octanol–water partition coefficient (Wildman–Crippen LogP) is 14.9. The highest BCUT2D eigenvalue weighted by molar-refractivity contribution is 6.33. The van der Waals surface area contributed by atoms with Gasteiger partial charge >= 0.3 is 0 Å². The lowest BCUT2D eigenvalue weighted by molar-refractivity contribution is 1.11. The van der Waals surface area contributed by atoms with E-state index >= 15 is 0 Å². The van der Waals surface area contributed by atoms with Gasteiger partial charge in [0.1, 0.15) is 5.82 Å². The zero-order chi connectivity index (χ0) is 37.5. The van der Waals surface area contributed by atoms with E-state index in [4.69, 9.17) is 4.98 Å². The second-order valence-electron chi connectivity index (χ2n) is 15.1. The highest BCUT2D eigenvalue weighted by atomic mass is 15.1. The smallest absolute Gasteiger partial charge is 0.146 e. The van der Waals surface area contributed by atoms with Crippen LogP contribution in [0.5, 0.6) is 0 Å². The molecule has 0 saturated carbocycles. The Morgan fingerprint density at radius 2 is 0.860 bits per heavy atom. The van der Waals surface area contributed by atoms with Gasteiger partial charge in [0.25, 0.3) is 0 Å². The number of hydrogen-bond acceptors (Lipinski definition) is 1. The Morgan fingerprint density at radius 1 is 0.316 bits per heavy atom. The molecule has 0 fully saturated rings. The summed E-state index contributed by atoms with van der Waals surface area (Å²) >= 11 is 0. The molecule has 0 aliphatic heterocycles. The second-order valence-corrected chi connectivity index (χ2v) is 15.1. The molecule has 0 bridgehead atoms. The molecule has 12 aromatic rings. The van der Waals surface area contributed by atoms with Gasteiger partial charge in [0.15, 0.2) is 0 Å². The molecule has 0 unspecified atom stereocenters. The molecule has 0 radical (unpaired) electrons. The predicted molar refractivity (Wildman–Crippen MR) is 242 cm³/mol. The molecular formula is C55H34N2. The van der Waals surface area contributed by atoms with Crippen molar-refractivity contribution >= 4 is 75.7 Å². The van der Waals surface area contributed by atoms with Crippen LogP contribution in [0.1, 0.15) is 0 Å². The Morgan fingerprint density at radius 3 is 1.61 bits per heavy atom. The summed E-state index contributed by atoms with van der Waals surface area (Å²) in [5.41, 5.74) is 9.09. The molecule has 12 rings (SSSR count). The molecule has 11 aromatic carbocycles. The zero-order valence-electron chi connectivity index (χ0n) is 31.0. The lowest BCUT2D eigenvalue weighted by atomic mass is 9.88. The average molecular weight is 723 g/mol. The van der Waals surface area contributed by atoms with Gasteiger partial charge in [0.2, 0.25) is 0 Å². The minimum Gasteiger partial charge on any atom is -0.292 e. The Bertz CT molecular complexity index is 3560. The van der Waals surface area contributed by atoms with E-state index in [0.29, 0.717) is 0 Å². The van der Waals surface area contributed by atoms with Gasteiger partial charge in [-0.05, 0) is 129 Å². The van der Waals surface area contributed by atoms with E-state index in [1.807, 2.05) is 0 Å². The van der Waals surface area contributed by atoms with E-state index in [-0.39, 0.29) is 0 Å². The molecule has 0 aliphatic rings. The maximum Gasteiger partial charge on any atom is 0.146 e. The summed E-state index contributed by atoms with van der Waals surface area (Å²) in [7, 11) is 0. The summed E-state index contributed by atoms with van der Waals surface area (Å²) in [5.74, 6) is 0.942. The summed E-state index contributed by atoms with van der Waals surface area (Å²) < 4.78 is 2.28. The first-order valence-electron chi connectivity index (χ1n) is 19.6. The fourth-order valence-electron chi connectivity index (χ4n) is 9.38. The minimum atomic E-state index is 0.942. The van der Waals surface area contributed by atoms with E-state index < -0.39 is 0 Å². The molecule has 264 valence electrons. The van der Waals surface area contributed by atoms with Crippen LogP contribution >= 0.6 is 0 Å². The van der Waals surface area contributed by atoms with Gasteiger partial charge in [-0.25, -0.2) is 4.98 Å². The average Bonchev–Trinajstić information content (AvgIpc) is 3.67. The van der Waals surface area contributed by atoms with Crippen LogP contribution in [0.3, 0.4) is 0 Å². The molecule has 2 nitrogen and oxygen atoms in total. The lowest BCUT2D eigenvalue weighted by Crippen LogP contribution is -1.98. The molecule has 57 heavy (non-hydrogen) atoms. The number of benzene rings is 10. The first kappa shape index (κ1) is 31.8. The largest absolute Gasteiger partial charge is 0.292 e. The normalized spacial score (nSPS) is 11.9. The van der Waals surface area contributed by atoms with Crippen molar-refractivity contribution in [3.8, 4) is 39.3 Å². The van der Waals surface area contributed by atoms with Crippen molar-refractivity contribution < 1.29 is 0 Å². The van der Waals surface area contributed by atoms with Crippen molar-refractivity contribution in [3.63, 3.8) is 0 Å². The first-order valence-corrected chi connectivity index (χ1v) is 19.6. The Balaban J connectivity index is 1.03. The summed E-state index contributed by atoms with van der Waals surface area (Å²) in [4.78, 5) is 5.21.